The number of nitrogens with two attached hydrogens (primary N) is 1. The Morgan fingerprint density at radius 2 is 1.81 bits per heavy atom. The lowest BCUT2D eigenvalue weighted by atomic mass is 9.93. The summed E-state index contributed by atoms with van der Waals surface area (Å²) in [6.45, 7) is 2.17. The molecule has 0 fully saturated rings. The van der Waals surface area contributed by atoms with Gasteiger partial charge < -0.3 is 15.8 Å². The van der Waals surface area contributed by atoms with Crippen LogP contribution >= 0.6 is 0 Å². The fourth-order valence-electron chi connectivity index (χ4n) is 3.50. The predicted octanol–water partition coefficient (Wildman–Crippen LogP) is 3.58. The number of nitrogens with one attached hydrogen (secondary N) is 1. The van der Waals surface area contributed by atoms with Crippen molar-refractivity contribution in [2.24, 2.45) is 0 Å². The number of aromatic nitrogens is 3. The topological polar surface area (TPSA) is 78.0 Å². The van der Waals surface area contributed by atoms with Gasteiger partial charge in [0.05, 0.1) is 19.2 Å². The van der Waals surface area contributed by atoms with Gasteiger partial charge in [0.25, 0.3) is 0 Å². The molecule has 0 saturated heterocycles. The van der Waals surface area contributed by atoms with Crippen LogP contribution in [0.4, 0.5) is 11.9 Å². The highest BCUT2D eigenvalue weighted by atomic mass is 16.5. The number of rotatable bonds is 4. The lowest BCUT2D eigenvalue weighted by Crippen LogP contribution is -2.28. The zero-order valence-corrected chi connectivity index (χ0v) is 15.0. The van der Waals surface area contributed by atoms with E-state index in [4.69, 9.17) is 10.5 Å². The molecule has 0 radical (unpaired) electrons. The van der Waals surface area contributed by atoms with Crippen molar-refractivity contribution in [3.8, 4) is 5.75 Å². The molecule has 134 valence electrons. The molecule has 0 unspecified atom stereocenters. The molecule has 1 aliphatic rings. The van der Waals surface area contributed by atoms with Crippen LogP contribution in [0.5, 0.6) is 5.75 Å². The molecule has 6 heteroatoms. The third-order valence-electron chi connectivity index (χ3n) is 5.00. The van der Waals surface area contributed by atoms with E-state index in [1.165, 1.54) is 11.1 Å². The Kier molecular flexibility index (Phi) is 4.24. The van der Waals surface area contributed by atoms with Gasteiger partial charge in [-0.3, -0.25) is 0 Å². The summed E-state index contributed by atoms with van der Waals surface area (Å²) in [5.74, 6) is 1.83. The Hall–Kier alpha value is -3.02. The maximum absolute atomic E-state index is 5.86. The Morgan fingerprint density at radius 1 is 1.12 bits per heavy atom. The molecule has 0 aliphatic carbocycles. The number of hydrogen-bond acceptors (Lipinski definition) is 5. The molecule has 0 spiro atoms. The minimum Gasteiger partial charge on any atom is -0.497 e. The summed E-state index contributed by atoms with van der Waals surface area (Å²) >= 11 is 0. The van der Waals surface area contributed by atoms with Gasteiger partial charge in [-0.25, -0.2) is 4.68 Å². The van der Waals surface area contributed by atoms with Gasteiger partial charge in [-0.1, -0.05) is 43.3 Å². The molecule has 1 aliphatic heterocycles. The van der Waals surface area contributed by atoms with Crippen LogP contribution in [0.2, 0.25) is 0 Å². The summed E-state index contributed by atoms with van der Waals surface area (Å²) in [6.07, 6.45) is 1.91. The van der Waals surface area contributed by atoms with Gasteiger partial charge in [0.15, 0.2) is 0 Å². The summed E-state index contributed by atoms with van der Waals surface area (Å²) in [5, 5.41) is 7.88. The smallest absolute Gasteiger partial charge is 0.241 e. The second kappa shape index (κ2) is 6.71. The SMILES string of the molecule is CCc1ccc([C@H]2C[C@H](c3ccc(OC)cc3)n3nc(N)nc3N2)cc1. The Balaban J connectivity index is 1.69. The molecular weight excluding hydrogens is 326 g/mol. The van der Waals surface area contributed by atoms with Crippen LogP contribution in [-0.2, 0) is 6.42 Å². The number of benzene rings is 2. The number of nitrogens with zero attached hydrogens (tertiary/aromatic N) is 3. The van der Waals surface area contributed by atoms with Crippen LogP contribution in [0.3, 0.4) is 0 Å². The minimum atomic E-state index is 0.0674. The highest BCUT2D eigenvalue weighted by molar-refractivity contribution is 5.42. The van der Waals surface area contributed by atoms with Crippen molar-refractivity contribution >= 4 is 11.9 Å². The van der Waals surface area contributed by atoms with Crippen molar-refractivity contribution in [2.45, 2.75) is 31.8 Å². The van der Waals surface area contributed by atoms with E-state index in [2.05, 4.69) is 58.7 Å². The molecule has 3 N–H and O–H groups in total. The number of ether oxygens (including phenoxy) is 1. The first-order valence-electron chi connectivity index (χ1n) is 8.89. The van der Waals surface area contributed by atoms with E-state index in [0.29, 0.717) is 5.95 Å². The number of anilines is 2. The molecule has 26 heavy (non-hydrogen) atoms. The average molecular weight is 349 g/mol. The van der Waals surface area contributed by atoms with Gasteiger partial charge >= 0.3 is 0 Å². The van der Waals surface area contributed by atoms with Gasteiger partial charge in [0.2, 0.25) is 11.9 Å². The Labute approximate surface area is 153 Å². The quantitative estimate of drug-likeness (QED) is 0.753. The Morgan fingerprint density at radius 3 is 2.46 bits per heavy atom. The number of aryl methyl sites for hydroxylation is 1. The lowest BCUT2D eigenvalue weighted by Gasteiger charge is -2.31. The van der Waals surface area contributed by atoms with Crippen LogP contribution < -0.4 is 15.8 Å². The molecule has 2 atom stereocenters. The zero-order chi connectivity index (χ0) is 18.1. The fourth-order valence-corrected chi connectivity index (χ4v) is 3.50. The first-order valence-corrected chi connectivity index (χ1v) is 8.89. The monoisotopic (exact) mass is 349 g/mol. The van der Waals surface area contributed by atoms with E-state index in [9.17, 15) is 0 Å². The minimum absolute atomic E-state index is 0.0674. The van der Waals surface area contributed by atoms with Gasteiger partial charge in [0, 0.05) is 0 Å². The maximum Gasteiger partial charge on any atom is 0.241 e. The summed E-state index contributed by atoms with van der Waals surface area (Å²) in [6, 6.07) is 17.1. The summed E-state index contributed by atoms with van der Waals surface area (Å²) in [7, 11) is 1.67. The normalized spacial score (nSPS) is 18.8. The molecule has 4 rings (SSSR count). The van der Waals surface area contributed by atoms with Crippen LogP contribution in [-0.4, -0.2) is 21.9 Å². The second-order valence-corrected chi connectivity index (χ2v) is 6.55. The number of methoxy groups -OCH3 is 1. The van der Waals surface area contributed by atoms with Crippen LogP contribution in [0.25, 0.3) is 0 Å². The molecule has 6 nitrogen and oxygen atoms in total. The number of fused-ring (bicyclic) bond motifs is 1. The third-order valence-corrected chi connectivity index (χ3v) is 5.00. The molecule has 0 amide bonds. The lowest BCUT2D eigenvalue weighted by molar-refractivity contribution is 0.411. The Bertz CT molecular complexity index is 886. The maximum atomic E-state index is 5.86. The summed E-state index contributed by atoms with van der Waals surface area (Å²) in [5.41, 5.74) is 9.60. The average Bonchev–Trinajstić information content (AvgIpc) is 3.07. The molecule has 0 bridgehead atoms. The van der Waals surface area contributed by atoms with Gasteiger partial charge in [-0.05, 0) is 41.7 Å². The molecule has 1 aromatic heterocycles. The number of nitrogen functional groups attached to an aromatic ring is 1. The van der Waals surface area contributed by atoms with E-state index in [1.807, 2.05) is 16.8 Å². The third kappa shape index (κ3) is 2.98. The van der Waals surface area contributed by atoms with Gasteiger partial charge in [-0.2, -0.15) is 4.98 Å². The second-order valence-electron chi connectivity index (χ2n) is 6.55. The predicted molar refractivity (Wildman–Crippen MR) is 102 cm³/mol. The van der Waals surface area contributed by atoms with Crippen molar-refractivity contribution in [1.29, 1.82) is 0 Å². The van der Waals surface area contributed by atoms with Crippen LogP contribution in [0, 0.1) is 0 Å². The molecule has 2 aromatic carbocycles. The van der Waals surface area contributed by atoms with Crippen molar-refractivity contribution in [3.63, 3.8) is 0 Å². The van der Waals surface area contributed by atoms with Crippen LogP contribution in [0.1, 0.15) is 42.1 Å². The number of hydrogen-bond donors (Lipinski definition) is 2. The van der Waals surface area contributed by atoms with E-state index < -0.39 is 0 Å². The van der Waals surface area contributed by atoms with Crippen molar-refractivity contribution in [3.05, 3.63) is 65.2 Å². The molecule has 3 aromatic rings. The van der Waals surface area contributed by atoms with E-state index >= 15 is 0 Å². The van der Waals surface area contributed by atoms with Gasteiger partial charge in [0.1, 0.15) is 5.75 Å². The van der Waals surface area contributed by atoms with Gasteiger partial charge in [-0.15, -0.1) is 5.10 Å². The van der Waals surface area contributed by atoms with Crippen molar-refractivity contribution < 1.29 is 4.74 Å². The van der Waals surface area contributed by atoms with E-state index in [1.54, 1.807) is 7.11 Å². The van der Waals surface area contributed by atoms with Crippen LogP contribution in [0.15, 0.2) is 48.5 Å². The fraction of sp³-hybridized carbons (Fsp3) is 0.300. The highest BCUT2D eigenvalue weighted by Crippen LogP contribution is 2.38. The summed E-state index contributed by atoms with van der Waals surface area (Å²) < 4.78 is 7.16. The zero-order valence-electron chi connectivity index (χ0n) is 15.0. The highest BCUT2D eigenvalue weighted by Gasteiger charge is 2.30. The largest absolute Gasteiger partial charge is 0.497 e. The van der Waals surface area contributed by atoms with E-state index in [0.717, 1.165) is 24.2 Å². The standard InChI is InChI=1S/C20H23N5O/c1-3-13-4-6-14(7-5-13)17-12-18(15-8-10-16(26-2)11-9-15)25-20(22-17)23-19(21)24-25/h4-11,17-18H,3,12H2,1-2H3,(H3,21,22,23,24)/t17-,18-/m1/s1. The first kappa shape index (κ1) is 16.4. The van der Waals surface area contributed by atoms with Crippen molar-refractivity contribution in [1.82, 2.24) is 14.8 Å². The van der Waals surface area contributed by atoms with E-state index in [-0.39, 0.29) is 18.0 Å². The van der Waals surface area contributed by atoms with Crippen molar-refractivity contribution in [2.75, 3.05) is 18.2 Å². The molecule has 0 saturated carbocycles. The molecule has 2 heterocycles. The molecular formula is C20H23N5O. The summed E-state index contributed by atoms with van der Waals surface area (Å²) in [4.78, 5) is 4.36. The first-order chi connectivity index (χ1) is 12.7.